The van der Waals surface area contributed by atoms with Crippen molar-refractivity contribution in [1.29, 1.82) is 5.41 Å². The van der Waals surface area contributed by atoms with E-state index in [4.69, 9.17) is 5.41 Å². The molecule has 0 aliphatic carbocycles. The summed E-state index contributed by atoms with van der Waals surface area (Å²) in [5.41, 5.74) is -0.322. The largest absolute Gasteiger partial charge is 0.417 e. The molecule has 202 valence electrons. The predicted octanol–water partition coefficient (Wildman–Crippen LogP) is 4.54. The van der Waals surface area contributed by atoms with Gasteiger partial charge in [0.25, 0.3) is 0 Å². The standard InChI is InChI=1S/C25H26F4N6O2S/c1-31-21(9-12-30)23-18-5-3-4-6-19(18)24(33-32-23)35-13-10-17(11-14-35)34(2)38(36,37)22-8-7-16(26)15-20(22)25(27,28)29/h3-8,12,15,17,30H,9-11,13-14H2,1-2H3. The number of alkyl halides is 3. The molecule has 0 saturated carbocycles. The summed E-state index contributed by atoms with van der Waals surface area (Å²) in [6.45, 7) is 0.792. The highest BCUT2D eigenvalue weighted by atomic mass is 32.2. The lowest BCUT2D eigenvalue weighted by atomic mass is 10.0. The lowest BCUT2D eigenvalue weighted by Gasteiger charge is -2.37. The van der Waals surface area contributed by atoms with E-state index in [1.807, 2.05) is 29.2 Å². The highest BCUT2D eigenvalue weighted by Gasteiger charge is 2.40. The van der Waals surface area contributed by atoms with E-state index in [9.17, 15) is 26.0 Å². The van der Waals surface area contributed by atoms with Gasteiger partial charge in [-0.1, -0.05) is 24.3 Å². The summed E-state index contributed by atoms with van der Waals surface area (Å²) in [6.07, 6.45) is -2.80. The molecule has 2 aromatic carbocycles. The van der Waals surface area contributed by atoms with E-state index in [1.165, 1.54) is 13.3 Å². The Morgan fingerprint density at radius 2 is 1.82 bits per heavy atom. The molecular weight excluding hydrogens is 524 g/mol. The Hall–Kier alpha value is -3.45. The van der Waals surface area contributed by atoms with Gasteiger partial charge in [0.15, 0.2) is 5.82 Å². The van der Waals surface area contributed by atoms with E-state index in [-0.39, 0.29) is 6.07 Å². The minimum atomic E-state index is -5.03. The Morgan fingerprint density at radius 1 is 1.16 bits per heavy atom. The normalized spacial score (nSPS) is 15.9. The van der Waals surface area contributed by atoms with Gasteiger partial charge in [0.05, 0.1) is 16.2 Å². The first-order valence-electron chi connectivity index (χ1n) is 11.8. The van der Waals surface area contributed by atoms with Crippen molar-refractivity contribution in [3.63, 3.8) is 0 Å². The maximum Gasteiger partial charge on any atom is 0.417 e. The van der Waals surface area contributed by atoms with Crippen molar-refractivity contribution in [3.8, 4) is 0 Å². The average molecular weight is 551 g/mol. The molecule has 0 radical (unpaired) electrons. The first kappa shape index (κ1) is 27.6. The Balaban J connectivity index is 1.58. The third-order valence-electron chi connectivity index (χ3n) is 6.69. The number of piperidine rings is 1. The number of aliphatic imine (C=N–C) groups is 1. The fourth-order valence-electron chi connectivity index (χ4n) is 4.67. The third-order valence-corrected chi connectivity index (χ3v) is 8.66. The Labute approximate surface area is 217 Å². The summed E-state index contributed by atoms with van der Waals surface area (Å²) in [7, 11) is -1.67. The van der Waals surface area contributed by atoms with Gasteiger partial charge < -0.3 is 10.3 Å². The molecule has 0 amide bonds. The molecule has 4 rings (SSSR count). The molecule has 0 spiro atoms. The zero-order valence-corrected chi connectivity index (χ0v) is 21.5. The summed E-state index contributed by atoms with van der Waals surface area (Å²) < 4.78 is 81.3. The van der Waals surface area contributed by atoms with E-state index in [1.54, 1.807) is 7.05 Å². The van der Waals surface area contributed by atoms with Gasteiger partial charge in [-0.3, -0.25) is 4.99 Å². The monoisotopic (exact) mass is 550 g/mol. The lowest BCUT2D eigenvalue weighted by Crippen LogP contribution is -2.46. The van der Waals surface area contributed by atoms with Crippen LogP contribution in [-0.4, -0.2) is 68.1 Å². The number of aromatic nitrogens is 2. The minimum Gasteiger partial charge on any atom is -0.354 e. The van der Waals surface area contributed by atoms with Crippen molar-refractivity contribution in [2.24, 2.45) is 4.99 Å². The smallest absolute Gasteiger partial charge is 0.354 e. The topological polar surface area (TPSA) is 103 Å². The maximum absolute atomic E-state index is 13.5. The molecule has 3 aromatic rings. The Morgan fingerprint density at radius 3 is 2.42 bits per heavy atom. The maximum atomic E-state index is 13.5. The van der Waals surface area contributed by atoms with Crippen LogP contribution < -0.4 is 4.90 Å². The van der Waals surface area contributed by atoms with Crippen LogP contribution in [0.15, 0.2) is 52.4 Å². The number of halogens is 4. The zero-order valence-electron chi connectivity index (χ0n) is 20.7. The van der Waals surface area contributed by atoms with Gasteiger partial charge >= 0.3 is 6.18 Å². The molecule has 0 unspecified atom stereocenters. The first-order chi connectivity index (χ1) is 18.0. The number of nitrogens with zero attached hydrogens (tertiary/aromatic N) is 5. The van der Waals surface area contributed by atoms with E-state index >= 15 is 0 Å². The summed E-state index contributed by atoms with van der Waals surface area (Å²) >= 11 is 0. The van der Waals surface area contributed by atoms with Crippen LogP contribution in [0.25, 0.3) is 10.8 Å². The molecule has 2 heterocycles. The van der Waals surface area contributed by atoms with Crippen LogP contribution in [0.2, 0.25) is 0 Å². The quantitative estimate of drug-likeness (QED) is 0.344. The minimum absolute atomic E-state index is 0.202. The molecule has 13 heteroatoms. The van der Waals surface area contributed by atoms with Crippen LogP contribution in [0.3, 0.4) is 0 Å². The van der Waals surface area contributed by atoms with Gasteiger partial charge in [-0.05, 0) is 31.0 Å². The molecule has 0 bridgehead atoms. The Kier molecular flexibility index (Phi) is 7.79. The van der Waals surface area contributed by atoms with E-state index in [0.717, 1.165) is 15.1 Å². The third kappa shape index (κ3) is 5.25. The molecule has 1 fully saturated rings. The van der Waals surface area contributed by atoms with E-state index < -0.39 is 38.5 Å². The highest BCUT2D eigenvalue weighted by Crippen LogP contribution is 2.37. The van der Waals surface area contributed by atoms with Crippen LogP contribution in [0.4, 0.5) is 23.4 Å². The highest BCUT2D eigenvalue weighted by molar-refractivity contribution is 7.89. The van der Waals surface area contributed by atoms with Crippen LogP contribution >= 0.6 is 0 Å². The molecule has 1 aliphatic rings. The summed E-state index contributed by atoms with van der Waals surface area (Å²) in [4.78, 5) is 5.24. The predicted molar refractivity (Wildman–Crippen MR) is 137 cm³/mol. The summed E-state index contributed by atoms with van der Waals surface area (Å²) in [6, 6.07) is 8.54. The van der Waals surface area contributed by atoms with Crippen molar-refractivity contribution in [2.45, 2.75) is 36.4 Å². The van der Waals surface area contributed by atoms with Gasteiger partial charge in [0.2, 0.25) is 10.0 Å². The summed E-state index contributed by atoms with van der Waals surface area (Å²) in [5, 5.41) is 17.9. The first-order valence-corrected chi connectivity index (χ1v) is 13.2. The molecule has 1 N–H and O–H groups in total. The Bertz CT molecular complexity index is 1480. The fraction of sp³-hybridized carbons (Fsp3) is 0.360. The number of anilines is 1. The van der Waals surface area contributed by atoms with Crippen molar-refractivity contribution in [3.05, 3.63) is 59.5 Å². The van der Waals surface area contributed by atoms with Gasteiger partial charge in [0.1, 0.15) is 11.5 Å². The lowest BCUT2D eigenvalue weighted by molar-refractivity contribution is -0.140. The zero-order chi connectivity index (χ0) is 27.7. The van der Waals surface area contributed by atoms with Gasteiger partial charge in [-0.15, -0.1) is 10.2 Å². The molecule has 1 aliphatic heterocycles. The fourth-order valence-corrected chi connectivity index (χ4v) is 6.27. The van der Waals surface area contributed by atoms with Crippen molar-refractivity contribution < 1.29 is 26.0 Å². The van der Waals surface area contributed by atoms with Crippen LogP contribution in [0, 0.1) is 11.2 Å². The van der Waals surface area contributed by atoms with Gasteiger partial charge in [-0.25, -0.2) is 12.8 Å². The molecule has 38 heavy (non-hydrogen) atoms. The second-order valence-electron chi connectivity index (χ2n) is 8.87. The molecule has 0 atom stereocenters. The van der Waals surface area contributed by atoms with Crippen molar-refractivity contribution >= 4 is 38.5 Å². The number of fused-ring (bicyclic) bond motifs is 1. The number of nitrogens with one attached hydrogen (secondary N) is 1. The number of hydrogen-bond acceptors (Lipinski definition) is 7. The number of benzene rings is 2. The second-order valence-corrected chi connectivity index (χ2v) is 10.8. The molecule has 1 saturated heterocycles. The van der Waals surface area contributed by atoms with Crippen molar-refractivity contribution in [1.82, 2.24) is 14.5 Å². The molecular formula is C25H26F4N6O2S. The van der Waals surface area contributed by atoms with E-state index in [2.05, 4.69) is 15.2 Å². The number of hydrogen-bond donors (Lipinski definition) is 1. The van der Waals surface area contributed by atoms with Crippen LogP contribution in [0.1, 0.15) is 30.5 Å². The second kappa shape index (κ2) is 10.7. The van der Waals surface area contributed by atoms with Gasteiger partial charge in [0, 0.05) is 56.6 Å². The van der Waals surface area contributed by atoms with Crippen molar-refractivity contribution in [2.75, 3.05) is 32.1 Å². The number of rotatable bonds is 7. The summed E-state index contributed by atoms with van der Waals surface area (Å²) in [5.74, 6) is -0.557. The SMILES string of the molecule is CN=C(CC=N)c1nnc(N2CCC(N(C)S(=O)(=O)c3ccc(F)cc3C(F)(F)F)CC2)c2ccccc12. The van der Waals surface area contributed by atoms with Crippen LogP contribution in [-0.2, 0) is 16.2 Å². The molecule has 1 aromatic heterocycles. The van der Waals surface area contributed by atoms with E-state index in [0.29, 0.717) is 61.7 Å². The van der Waals surface area contributed by atoms with Crippen LogP contribution in [0.5, 0.6) is 0 Å². The van der Waals surface area contributed by atoms with Gasteiger partial charge in [-0.2, -0.15) is 17.5 Å². The average Bonchev–Trinajstić information content (AvgIpc) is 2.90. The number of sulfonamides is 1. The molecule has 8 nitrogen and oxygen atoms in total.